The van der Waals surface area contributed by atoms with Gasteiger partial charge in [0.15, 0.2) is 0 Å². The van der Waals surface area contributed by atoms with E-state index in [4.69, 9.17) is 33.5 Å². The number of aryl methyl sites for hydroxylation is 1. The average molecular weight is 2100 g/mol. The summed E-state index contributed by atoms with van der Waals surface area (Å²) in [6, 6.07) is 14.6. The van der Waals surface area contributed by atoms with Gasteiger partial charge in [-0.25, -0.2) is 9.18 Å². The third kappa shape index (κ3) is 41.3. The van der Waals surface area contributed by atoms with Gasteiger partial charge >= 0.3 is 11.9 Å². The Kier molecular flexibility index (Phi) is 51.7. The number of carbonyl (C=O) groups excluding carboxylic acids is 15. The third-order valence-corrected chi connectivity index (χ3v) is 27.2. The van der Waals surface area contributed by atoms with E-state index in [2.05, 4.69) is 63.8 Å². The van der Waals surface area contributed by atoms with E-state index in [1.54, 1.807) is 86.7 Å². The number of halogens is 1. The first-order chi connectivity index (χ1) is 72.2. The maximum absolute atomic E-state index is 15.9. The Hall–Kier alpha value is -13.1. The van der Waals surface area contributed by atoms with Crippen LogP contribution in [0.2, 0.25) is 0 Å². The number of benzene rings is 4. The molecule has 15 amide bonds. The molecule has 1 aromatic heterocycles. The zero-order valence-corrected chi connectivity index (χ0v) is 86.9. The number of aliphatic hydroxyl groups excluding tert-OH is 1. The van der Waals surface area contributed by atoms with Gasteiger partial charge in [0.1, 0.15) is 79.2 Å². The summed E-state index contributed by atoms with van der Waals surface area (Å²) in [6.45, 7) is 5.23. The molecule has 0 saturated carbocycles. The number of nitrogens with one attached hydrogen (secondary N) is 12. The highest BCUT2D eigenvalue weighted by molar-refractivity contribution is 5.99. The van der Waals surface area contributed by atoms with E-state index in [1.807, 2.05) is 28.8 Å². The highest BCUT2D eigenvalue weighted by Gasteiger charge is 2.49. The molecule has 8 bridgehead atoms. The molecule has 824 valence electrons. The fourth-order valence-electron chi connectivity index (χ4n) is 18.4. The van der Waals surface area contributed by atoms with Crippen molar-refractivity contribution in [3.05, 3.63) is 136 Å². The average Bonchev–Trinajstić information content (AvgIpc) is 1.64. The molecular weight excluding hydrogens is 1940 g/mol. The SMILES string of the molecule is COc1ccc(C[C@H](NC=O)C(=O)N2CCC[C@@]2(C)C(=O)NCCc2ccc(CN3CCCCCCn4cc(c5cc(F)ccc54)C[C@@H]4NC(=O)[C@H](Cc5cccc(c5)CNC(=O)CO[C@H]5CCN(C4=O)C5C(=O)N[C@H](C)[C@@H](C)O)NC(=O)[C@@H](CNC(=O)COCCOCCNC(=O)COCCOCCNC(=O)CC[C@H](NC(=O)CCCCCCCCCCCCCCC(=O)O)C(=O)O)NC(=O)[C@H](C)NC(=O)CCC3=O)cc2)cc1. The van der Waals surface area contributed by atoms with Crippen LogP contribution in [0.3, 0.4) is 0 Å². The minimum absolute atomic E-state index is 0.0169. The summed E-state index contributed by atoms with van der Waals surface area (Å²) in [5.74, 6) is -11.0. The number of fused-ring (bicyclic) bond motifs is 12. The molecule has 15 N–H and O–H groups in total. The number of methoxy groups -OCH3 is 1. The maximum Gasteiger partial charge on any atom is 0.326 e. The Morgan fingerprint density at radius 1 is 0.593 bits per heavy atom. The summed E-state index contributed by atoms with van der Waals surface area (Å²) in [5, 5.41) is 61.9. The number of hydrogen-bond donors (Lipinski definition) is 15. The fourth-order valence-corrected chi connectivity index (χ4v) is 18.4. The number of rotatable bonds is 53. The van der Waals surface area contributed by atoms with Crippen LogP contribution in [-0.4, -0.2) is 314 Å². The van der Waals surface area contributed by atoms with Crippen LogP contribution >= 0.6 is 0 Å². The first kappa shape index (κ1) is 120. The number of amides is 15. The fraction of sp³-hybridized carbons (Fsp3) is 0.598. The van der Waals surface area contributed by atoms with Crippen molar-refractivity contribution >= 4 is 112 Å². The Morgan fingerprint density at radius 3 is 1.88 bits per heavy atom. The van der Waals surface area contributed by atoms with Gasteiger partial charge in [-0.1, -0.05) is 138 Å². The molecule has 150 heavy (non-hydrogen) atoms. The predicted molar refractivity (Wildman–Crippen MR) is 549 cm³/mol. The molecule has 4 aliphatic heterocycles. The lowest BCUT2D eigenvalue weighted by Crippen LogP contribution is -2.62. The van der Waals surface area contributed by atoms with Gasteiger partial charge in [0.25, 0.3) is 0 Å². The van der Waals surface area contributed by atoms with Crippen LogP contribution in [0.25, 0.3) is 10.9 Å². The number of nitrogens with zero attached hydrogens (tertiary/aromatic N) is 4. The molecule has 4 aromatic carbocycles. The van der Waals surface area contributed by atoms with Crippen LogP contribution in [0.1, 0.15) is 222 Å². The van der Waals surface area contributed by atoms with E-state index in [9.17, 15) is 77.3 Å². The van der Waals surface area contributed by atoms with Gasteiger partial charge in [0, 0.05) is 134 Å². The van der Waals surface area contributed by atoms with Crippen molar-refractivity contribution < 1.29 is 130 Å². The first-order valence-electron chi connectivity index (χ1n) is 52.5. The molecule has 9 rings (SSSR count). The lowest BCUT2D eigenvalue weighted by Gasteiger charge is -2.36. The Labute approximate surface area is 874 Å². The van der Waals surface area contributed by atoms with Crippen molar-refractivity contribution in [2.45, 2.75) is 300 Å². The number of aliphatic hydroxyl groups is 1. The summed E-state index contributed by atoms with van der Waals surface area (Å²) in [5.41, 5.74) is 3.14. The Balaban J connectivity index is 0.811. The highest BCUT2D eigenvalue weighted by atomic mass is 19.1. The Morgan fingerprint density at radius 2 is 1.22 bits per heavy atom. The van der Waals surface area contributed by atoms with Crippen molar-refractivity contribution in [2.75, 3.05) is 112 Å². The molecule has 0 spiro atoms. The minimum Gasteiger partial charge on any atom is -0.497 e. The molecule has 5 heterocycles. The lowest BCUT2D eigenvalue weighted by atomic mass is 9.95. The highest BCUT2D eigenvalue weighted by Crippen LogP contribution is 2.33. The summed E-state index contributed by atoms with van der Waals surface area (Å²) in [7, 11) is 1.55. The number of aromatic nitrogens is 1. The van der Waals surface area contributed by atoms with Crippen LogP contribution in [0.15, 0.2) is 97.2 Å². The van der Waals surface area contributed by atoms with Crippen molar-refractivity contribution in [1.29, 1.82) is 0 Å². The number of likely N-dealkylation sites (tertiary alicyclic amines) is 1. The summed E-state index contributed by atoms with van der Waals surface area (Å²) >= 11 is 0. The van der Waals surface area contributed by atoms with Crippen molar-refractivity contribution in [2.24, 2.45) is 0 Å². The summed E-state index contributed by atoms with van der Waals surface area (Å²) in [6.07, 6.45) is 14.6. The number of unbranched alkanes of at least 4 members (excludes halogenated alkanes) is 11. The largest absolute Gasteiger partial charge is 0.497 e. The minimum atomic E-state index is -1.76. The van der Waals surface area contributed by atoms with Gasteiger partial charge in [0.05, 0.1) is 65.0 Å². The topological polar surface area (TPSA) is 565 Å². The van der Waals surface area contributed by atoms with Crippen LogP contribution in [0, 0.1) is 5.82 Å². The van der Waals surface area contributed by atoms with Gasteiger partial charge in [-0.2, -0.15) is 0 Å². The quantitative estimate of drug-likeness (QED) is 0.0192. The number of hydrogen-bond acceptors (Lipinski definition) is 24. The molecule has 2 fully saturated rings. The van der Waals surface area contributed by atoms with Gasteiger partial charge < -0.3 is 127 Å². The number of carboxylic acids is 2. The van der Waals surface area contributed by atoms with Crippen LogP contribution in [-0.2, 0) is 151 Å². The molecular formula is C107H153FN16O26. The molecule has 0 radical (unpaired) electrons. The predicted octanol–water partition coefficient (Wildman–Crippen LogP) is 4.13. The van der Waals surface area contributed by atoms with Crippen LogP contribution < -0.4 is 68.5 Å². The normalized spacial score (nSPS) is 19.8. The monoisotopic (exact) mass is 2100 g/mol. The van der Waals surface area contributed by atoms with E-state index in [0.29, 0.717) is 104 Å². The zero-order chi connectivity index (χ0) is 108. The van der Waals surface area contributed by atoms with Gasteiger partial charge in [0.2, 0.25) is 89.1 Å². The smallest absolute Gasteiger partial charge is 0.326 e. The molecule has 5 aromatic rings. The van der Waals surface area contributed by atoms with Crippen LogP contribution in [0.5, 0.6) is 5.75 Å². The van der Waals surface area contributed by atoms with Crippen LogP contribution in [0.4, 0.5) is 4.39 Å². The molecule has 11 atom stereocenters. The molecule has 1 unspecified atom stereocenters. The molecule has 4 aliphatic rings. The lowest BCUT2D eigenvalue weighted by molar-refractivity contribution is -0.145. The van der Waals surface area contributed by atoms with E-state index in [-0.39, 0.29) is 174 Å². The van der Waals surface area contributed by atoms with Gasteiger partial charge in [-0.05, 0) is 149 Å². The number of ether oxygens (including phenoxy) is 6. The number of carbonyl (C=O) groups is 17. The van der Waals surface area contributed by atoms with Crippen molar-refractivity contribution in [3.63, 3.8) is 0 Å². The van der Waals surface area contributed by atoms with E-state index in [0.717, 1.165) is 87.3 Å². The van der Waals surface area contributed by atoms with Gasteiger partial charge in [-0.15, -0.1) is 0 Å². The zero-order valence-electron chi connectivity index (χ0n) is 86.9. The van der Waals surface area contributed by atoms with E-state index >= 15 is 18.8 Å². The molecule has 0 aliphatic carbocycles. The van der Waals surface area contributed by atoms with E-state index in [1.165, 1.54) is 35.8 Å². The second-order valence-electron chi connectivity index (χ2n) is 38.9. The summed E-state index contributed by atoms with van der Waals surface area (Å²) in [4.78, 5) is 237. The first-order valence-corrected chi connectivity index (χ1v) is 52.5. The Bertz CT molecular complexity index is 5260. The molecule has 2 saturated heterocycles. The number of aliphatic carboxylic acids is 2. The summed E-state index contributed by atoms with van der Waals surface area (Å²) < 4.78 is 51.2. The second-order valence-corrected chi connectivity index (χ2v) is 38.9. The van der Waals surface area contributed by atoms with Crippen molar-refractivity contribution in [3.8, 4) is 5.75 Å². The standard InChI is InChI=1S/C107H153FN16O26/c1-71(73(3)126)116-102(139)98-89-43-51-123(98)103(140)86-61-79-66-121(88-38-34-80(108)62-82(79)88)48-20-16-17-21-49-122(65-76-30-28-74(29-31-76)42-45-111-106(144)107(4)44-23-50-124(107)104(141)85(114-70-125)59-75-32-35-81(145-5)36-33-75)96(133)41-40-92(129)115-72(2)99(136)120-87(101(138)118-84(100(137)119-86)60-77-24-22-25-78(58-77)63-112-95(132)69-150-89)64-113-94(131)68-149-57-55-147-53-47-110-93(130)67-148-56-54-146-52-46-109-90(127)39-37-83(105(142)143)117-91(128)26-18-14-12-10-8-6-7-9-11-13-15-19-27-97(134)135/h22,24-25,28-36,38,58,62,66,70-73,83-87,89,98,126H,6-21,23,26-27,37,39-57,59-61,63-65,67-69H2,1-5H3,(H,109,127)(H,110,130)(H,111,144)(H,112,132)(H,113,131)(H,114,125)(H,115,129)(H,116,139)(H,117,128)(H,118,138)(H,119,137)(H,120,136)(H,134,135)(H,142,143)/t71-,72+,73-,83+,84+,85+,86+,87-,89+,98?,107+/m1/s1. The molecule has 42 nitrogen and oxygen atoms in total. The van der Waals surface area contributed by atoms with Crippen molar-refractivity contribution in [1.82, 2.24) is 83.1 Å². The third-order valence-electron chi connectivity index (χ3n) is 27.2. The molecule has 43 heteroatoms. The second kappa shape index (κ2) is 64.4. The maximum atomic E-state index is 15.9. The number of carboxylic acid groups (broad SMARTS) is 2. The van der Waals surface area contributed by atoms with Gasteiger partial charge in [-0.3, -0.25) is 76.7 Å². The van der Waals surface area contributed by atoms with E-state index < -0.39 is 169 Å².